The Hall–Kier alpha value is -0.900. The average Bonchev–Trinajstić information content (AvgIpc) is 2.84. The van der Waals surface area contributed by atoms with Crippen LogP contribution < -0.4 is 0 Å². The smallest absolute Gasteiger partial charge is 0.254 e. The third-order valence-electron chi connectivity index (χ3n) is 3.40. The molecule has 1 aliphatic rings. The van der Waals surface area contributed by atoms with Crippen molar-refractivity contribution in [1.82, 2.24) is 4.90 Å². The summed E-state index contributed by atoms with van der Waals surface area (Å²) in [5.74, 6) is -0.268. The maximum atomic E-state index is 12.8. The molecule has 1 aromatic carbocycles. The van der Waals surface area contributed by atoms with Crippen LogP contribution in [0.1, 0.15) is 36.0 Å². The van der Waals surface area contributed by atoms with Crippen LogP contribution in [0.2, 0.25) is 0 Å². The van der Waals surface area contributed by atoms with E-state index in [4.69, 9.17) is 0 Å². The van der Waals surface area contributed by atoms with Gasteiger partial charge in [-0.15, -0.1) is 0 Å². The molecule has 1 aliphatic heterocycles. The van der Waals surface area contributed by atoms with E-state index in [1.54, 1.807) is 12.1 Å². The minimum Gasteiger partial charge on any atom is -0.336 e. The number of nitrogens with zero attached hydrogens (tertiary/aromatic N) is 1. The van der Waals surface area contributed by atoms with Crippen molar-refractivity contribution < 1.29 is 9.18 Å². The third kappa shape index (κ3) is 3.10. The molecule has 4 heteroatoms. The van der Waals surface area contributed by atoms with Gasteiger partial charge in [0.1, 0.15) is 5.82 Å². The van der Waals surface area contributed by atoms with E-state index in [0.29, 0.717) is 11.6 Å². The Morgan fingerprint density at radius 2 is 2.11 bits per heavy atom. The van der Waals surface area contributed by atoms with E-state index in [2.05, 4.69) is 15.9 Å². The number of hydrogen-bond donors (Lipinski definition) is 0. The van der Waals surface area contributed by atoms with Crippen LogP contribution in [0.4, 0.5) is 4.39 Å². The van der Waals surface area contributed by atoms with Crippen molar-refractivity contribution >= 4 is 21.8 Å². The molecule has 1 atom stereocenters. The van der Waals surface area contributed by atoms with Gasteiger partial charge in [-0.3, -0.25) is 4.79 Å². The minimum atomic E-state index is -0.302. The summed E-state index contributed by atoms with van der Waals surface area (Å²) in [4.78, 5) is 14.3. The Balaban J connectivity index is 2.05. The van der Waals surface area contributed by atoms with Gasteiger partial charge in [-0.05, 0) is 49.9 Å². The number of carbonyl (C=O) groups is 1. The molecule has 1 aromatic rings. The van der Waals surface area contributed by atoms with Crippen LogP contribution in [-0.2, 0) is 0 Å². The lowest BCUT2D eigenvalue weighted by Gasteiger charge is -2.24. The number of alkyl halides is 1. The summed E-state index contributed by atoms with van der Waals surface area (Å²) >= 11 is 3.42. The van der Waals surface area contributed by atoms with E-state index in [9.17, 15) is 9.18 Å². The second-order valence-electron chi connectivity index (χ2n) is 4.63. The third-order valence-corrected chi connectivity index (χ3v) is 3.96. The molecule has 2 nitrogen and oxygen atoms in total. The molecule has 18 heavy (non-hydrogen) atoms. The largest absolute Gasteiger partial charge is 0.336 e. The monoisotopic (exact) mass is 313 g/mol. The van der Waals surface area contributed by atoms with E-state index in [1.165, 1.54) is 12.1 Å². The second kappa shape index (κ2) is 6.32. The fraction of sp³-hybridized carbons (Fsp3) is 0.500. The van der Waals surface area contributed by atoms with Crippen LogP contribution in [0.5, 0.6) is 0 Å². The summed E-state index contributed by atoms with van der Waals surface area (Å²) < 4.78 is 12.8. The lowest BCUT2D eigenvalue weighted by atomic mass is 10.1. The van der Waals surface area contributed by atoms with Gasteiger partial charge in [0.2, 0.25) is 0 Å². The Bertz CT molecular complexity index is 407. The quantitative estimate of drug-likeness (QED) is 0.778. The van der Waals surface area contributed by atoms with Gasteiger partial charge in [0.15, 0.2) is 0 Å². The number of hydrogen-bond acceptors (Lipinski definition) is 1. The highest BCUT2D eigenvalue weighted by Crippen LogP contribution is 2.23. The predicted molar refractivity (Wildman–Crippen MR) is 73.5 cm³/mol. The van der Waals surface area contributed by atoms with Crippen molar-refractivity contribution in [1.29, 1.82) is 0 Å². The van der Waals surface area contributed by atoms with Crippen LogP contribution >= 0.6 is 15.9 Å². The molecule has 98 valence electrons. The number of carbonyl (C=O) groups excluding carboxylic acids is 1. The van der Waals surface area contributed by atoms with Gasteiger partial charge in [-0.2, -0.15) is 0 Å². The second-order valence-corrected chi connectivity index (χ2v) is 5.43. The standard InChI is InChI=1S/C14H17BrFNO/c15-9-1-3-13-4-2-10-17(13)14(18)11-5-7-12(16)8-6-11/h5-8,13H,1-4,9-10H2. The Morgan fingerprint density at radius 1 is 1.39 bits per heavy atom. The van der Waals surface area contributed by atoms with Gasteiger partial charge in [0.05, 0.1) is 0 Å². The zero-order valence-corrected chi connectivity index (χ0v) is 11.8. The van der Waals surface area contributed by atoms with E-state index in [1.807, 2.05) is 4.90 Å². The lowest BCUT2D eigenvalue weighted by molar-refractivity contribution is 0.0730. The molecule has 0 radical (unpaired) electrons. The first-order valence-corrected chi connectivity index (χ1v) is 7.47. The van der Waals surface area contributed by atoms with Crippen molar-refractivity contribution in [3.05, 3.63) is 35.6 Å². The highest BCUT2D eigenvalue weighted by atomic mass is 79.9. The van der Waals surface area contributed by atoms with Crippen LogP contribution in [-0.4, -0.2) is 28.7 Å². The number of likely N-dealkylation sites (tertiary alicyclic amines) is 1. The molecule has 1 amide bonds. The molecule has 0 N–H and O–H groups in total. The number of amides is 1. The van der Waals surface area contributed by atoms with Gasteiger partial charge >= 0.3 is 0 Å². The Labute approximate surface area is 115 Å². The summed E-state index contributed by atoms with van der Waals surface area (Å²) in [5.41, 5.74) is 0.585. The normalized spacial score (nSPS) is 19.2. The maximum Gasteiger partial charge on any atom is 0.254 e. The average molecular weight is 314 g/mol. The molecule has 1 saturated heterocycles. The molecule has 0 aromatic heterocycles. The predicted octanol–water partition coefficient (Wildman–Crippen LogP) is 3.61. The molecule has 1 unspecified atom stereocenters. The van der Waals surface area contributed by atoms with Crippen LogP contribution in [0, 0.1) is 5.82 Å². The van der Waals surface area contributed by atoms with Crippen LogP contribution in [0.3, 0.4) is 0 Å². The summed E-state index contributed by atoms with van der Waals surface area (Å²) in [6.45, 7) is 0.823. The Morgan fingerprint density at radius 3 is 2.78 bits per heavy atom. The molecule has 2 rings (SSSR count). The summed E-state index contributed by atoms with van der Waals surface area (Å²) in [6, 6.07) is 6.17. The van der Waals surface area contributed by atoms with Crippen molar-refractivity contribution in [2.75, 3.05) is 11.9 Å². The van der Waals surface area contributed by atoms with E-state index < -0.39 is 0 Å². The topological polar surface area (TPSA) is 20.3 Å². The molecule has 1 heterocycles. The highest BCUT2D eigenvalue weighted by molar-refractivity contribution is 9.09. The van der Waals surface area contributed by atoms with E-state index in [0.717, 1.165) is 37.6 Å². The van der Waals surface area contributed by atoms with E-state index in [-0.39, 0.29) is 11.7 Å². The fourth-order valence-electron chi connectivity index (χ4n) is 2.47. The van der Waals surface area contributed by atoms with Crippen molar-refractivity contribution in [3.63, 3.8) is 0 Å². The Kier molecular flexibility index (Phi) is 4.75. The van der Waals surface area contributed by atoms with Gasteiger partial charge < -0.3 is 4.90 Å². The molecule has 0 aliphatic carbocycles. The highest BCUT2D eigenvalue weighted by Gasteiger charge is 2.28. The van der Waals surface area contributed by atoms with Gasteiger partial charge in [0.25, 0.3) is 5.91 Å². The molecular formula is C14H17BrFNO. The number of benzene rings is 1. The summed E-state index contributed by atoms with van der Waals surface area (Å²) in [6.07, 6.45) is 4.27. The zero-order valence-electron chi connectivity index (χ0n) is 10.2. The van der Waals surface area contributed by atoms with Gasteiger partial charge in [0, 0.05) is 23.5 Å². The minimum absolute atomic E-state index is 0.0343. The first-order valence-electron chi connectivity index (χ1n) is 6.35. The molecule has 0 bridgehead atoms. The van der Waals surface area contributed by atoms with Gasteiger partial charge in [-0.25, -0.2) is 4.39 Å². The number of halogens is 2. The lowest BCUT2D eigenvalue weighted by Crippen LogP contribution is -2.35. The first-order chi connectivity index (χ1) is 8.72. The first kappa shape index (κ1) is 13.5. The van der Waals surface area contributed by atoms with Crippen molar-refractivity contribution in [2.45, 2.75) is 31.7 Å². The molecule has 0 saturated carbocycles. The summed E-state index contributed by atoms with van der Waals surface area (Å²) in [7, 11) is 0. The zero-order chi connectivity index (χ0) is 13.0. The van der Waals surface area contributed by atoms with E-state index >= 15 is 0 Å². The van der Waals surface area contributed by atoms with Gasteiger partial charge in [-0.1, -0.05) is 15.9 Å². The summed E-state index contributed by atoms with van der Waals surface area (Å²) in [5, 5.41) is 0.974. The van der Waals surface area contributed by atoms with Crippen LogP contribution in [0.25, 0.3) is 0 Å². The maximum absolute atomic E-state index is 12.8. The van der Waals surface area contributed by atoms with Crippen LogP contribution in [0.15, 0.2) is 24.3 Å². The molecular weight excluding hydrogens is 297 g/mol. The van der Waals surface area contributed by atoms with Crippen molar-refractivity contribution in [2.24, 2.45) is 0 Å². The molecule has 1 fully saturated rings. The molecule has 0 spiro atoms. The number of rotatable bonds is 4. The fourth-order valence-corrected chi connectivity index (χ4v) is 2.80. The van der Waals surface area contributed by atoms with Crippen molar-refractivity contribution in [3.8, 4) is 0 Å². The SMILES string of the molecule is O=C(c1ccc(F)cc1)N1CCCC1CCCBr.